The number of carbonyl (C=O) groups is 1. The van der Waals surface area contributed by atoms with E-state index in [9.17, 15) is 10.1 Å². The summed E-state index contributed by atoms with van der Waals surface area (Å²) in [6.07, 6.45) is 2.90. The zero-order chi connectivity index (χ0) is 22.7. The van der Waals surface area contributed by atoms with Gasteiger partial charge in [-0.3, -0.25) is 4.79 Å². The molecule has 1 saturated heterocycles. The molecule has 0 aromatic heterocycles. The number of nitrogens with one attached hydrogen (secondary N) is 3. The zero-order valence-corrected chi connectivity index (χ0v) is 18.5. The van der Waals surface area contributed by atoms with Gasteiger partial charge in [-0.25, -0.2) is 4.39 Å². The molecule has 0 spiro atoms. The predicted molar refractivity (Wildman–Crippen MR) is 123 cm³/mol. The second kappa shape index (κ2) is 9.68. The molecule has 2 aromatic carbocycles. The minimum Gasteiger partial charge on any atom is -0.384 e. The van der Waals surface area contributed by atoms with Crippen molar-refractivity contribution in [2.75, 3.05) is 30.3 Å². The molecule has 2 atom stereocenters. The molecular weight excluding hydrogens is 407 g/mol. The van der Waals surface area contributed by atoms with E-state index < -0.39 is 11.9 Å². The molecule has 3 N–H and O–H groups in total. The third kappa shape index (κ3) is 4.93. The van der Waals surface area contributed by atoms with Crippen molar-refractivity contribution in [2.45, 2.75) is 45.3 Å². The van der Waals surface area contributed by atoms with Crippen molar-refractivity contribution in [1.29, 1.82) is 5.26 Å². The van der Waals surface area contributed by atoms with Gasteiger partial charge in [0.25, 0.3) is 0 Å². The number of anilines is 2. The molecule has 1 amide bonds. The first-order valence-corrected chi connectivity index (χ1v) is 11.2. The maximum Gasteiger partial charge on any atom is 0.241 e. The Labute approximate surface area is 188 Å². The van der Waals surface area contributed by atoms with Gasteiger partial charge in [-0.05, 0) is 62.8 Å². The summed E-state index contributed by atoms with van der Waals surface area (Å²) >= 11 is 0. The molecule has 0 unspecified atom stereocenters. The van der Waals surface area contributed by atoms with E-state index in [2.05, 4.69) is 22.0 Å². The van der Waals surface area contributed by atoms with Crippen LogP contribution in [0.15, 0.2) is 30.3 Å². The van der Waals surface area contributed by atoms with Crippen LogP contribution in [0.5, 0.6) is 0 Å². The second-order valence-electron chi connectivity index (χ2n) is 8.57. The van der Waals surface area contributed by atoms with Crippen LogP contribution in [0.2, 0.25) is 0 Å². The molecule has 0 radical (unpaired) electrons. The van der Waals surface area contributed by atoms with Gasteiger partial charge in [0.15, 0.2) is 5.82 Å². The lowest BCUT2D eigenvalue weighted by Gasteiger charge is -2.20. The van der Waals surface area contributed by atoms with Crippen LogP contribution in [0, 0.1) is 30.0 Å². The maximum atomic E-state index is 15.3. The van der Waals surface area contributed by atoms with Crippen LogP contribution < -0.4 is 16.0 Å². The molecule has 2 aromatic rings. The van der Waals surface area contributed by atoms with Gasteiger partial charge >= 0.3 is 0 Å². The Bertz CT molecular complexity index is 1040. The number of amides is 1. The van der Waals surface area contributed by atoms with E-state index in [0.717, 1.165) is 17.7 Å². The summed E-state index contributed by atoms with van der Waals surface area (Å²) in [6.45, 7) is 5.62. The second-order valence-corrected chi connectivity index (χ2v) is 8.57. The van der Waals surface area contributed by atoms with Gasteiger partial charge in [0.1, 0.15) is 0 Å². The predicted octanol–water partition coefficient (Wildman–Crippen LogP) is 4.20. The van der Waals surface area contributed by atoms with Crippen LogP contribution >= 0.6 is 0 Å². The van der Waals surface area contributed by atoms with Crippen molar-refractivity contribution in [2.24, 2.45) is 5.92 Å². The van der Waals surface area contributed by atoms with E-state index >= 15 is 4.39 Å². The summed E-state index contributed by atoms with van der Waals surface area (Å²) in [5.74, 6) is -0.112. The molecule has 0 bridgehead atoms. The Balaban J connectivity index is 1.64. The molecule has 6 nitrogen and oxygen atoms in total. The number of nitriles is 1. The van der Waals surface area contributed by atoms with Crippen LogP contribution in [0.1, 0.15) is 37.3 Å². The Morgan fingerprint density at radius 1 is 1.34 bits per heavy atom. The maximum absolute atomic E-state index is 15.3. The van der Waals surface area contributed by atoms with Crippen LogP contribution in [0.4, 0.5) is 15.8 Å². The van der Waals surface area contributed by atoms with Crippen molar-refractivity contribution in [1.82, 2.24) is 5.32 Å². The van der Waals surface area contributed by atoms with E-state index in [1.165, 1.54) is 12.8 Å². The SMILES string of the molecule is CCO[C@H]1CN[C@@H](C(=O)Nc2cc(-c3cccc(C#N)c3)c(NCC3CC3)c(C)c2F)C1. The normalized spacial score (nSPS) is 20.1. The van der Waals surface area contributed by atoms with Crippen molar-refractivity contribution in [3.8, 4) is 17.2 Å². The lowest BCUT2D eigenvalue weighted by atomic mass is 9.97. The van der Waals surface area contributed by atoms with E-state index in [1.54, 1.807) is 25.1 Å². The van der Waals surface area contributed by atoms with Gasteiger partial charge in [-0.1, -0.05) is 12.1 Å². The number of hydrogen-bond acceptors (Lipinski definition) is 5. The lowest BCUT2D eigenvalue weighted by molar-refractivity contribution is -0.118. The van der Waals surface area contributed by atoms with Gasteiger partial charge in [0.05, 0.1) is 29.5 Å². The van der Waals surface area contributed by atoms with E-state index in [4.69, 9.17) is 4.74 Å². The molecule has 2 fully saturated rings. The lowest BCUT2D eigenvalue weighted by Crippen LogP contribution is -2.35. The zero-order valence-electron chi connectivity index (χ0n) is 18.5. The van der Waals surface area contributed by atoms with Gasteiger partial charge in [0, 0.05) is 36.5 Å². The highest BCUT2D eigenvalue weighted by Crippen LogP contribution is 2.38. The first kappa shape index (κ1) is 22.3. The molecule has 1 saturated carbocycles. The van der Waals surface area contributed by atoms with Crippen molar-refractivity contribution in [3.05, 3.63) is 47.3 Å². The minimum atomic E-state index is -0.448. The Kier molecular flexibility index (Phi) is 6.73. The van der Waals surface area contributed by atoms with Crippen molar-refractivity contribution in [3.63, 3.8) is 0 Å². The number of nitrogens with zero attached hydrogens (tertiary/aromatic N) is 1. The van der Waals surface area contributed by atoms with E-state index in [1.807, 2.05) is 19.1 Å². The summed E-state index contributed by atoms with van der Waals surface area (Å²) in [5, 5.41) is 18.7. The topological polar surface area (TPSA) is 86.2 Å². The Morgan fingerprint density at radius 2 is 2.16 bits per heavy atom. The largest absolute Gasteiger partial charge is 0.384 e. The first-order valence-electron chi connectivity index (χ1n) is 11.2. The first-order chi connectivity index (χ1) is 15.5. The van der Waals surface area contributed by atoms with Crippen LogP contribution in [-0.4, -0.2) is 37.7 Å². The summed E-state index contributed by atoms with van der Waals surface area (Å²) in [4.78, 5) is 12.8. The van der Waals surface area contributed by atoms with Gasteiger partial charge in [-0.15, -0.1) is 0 Å². The molecule has 1 aliphatic carbocycles. The van der Waals surface area contributed by atoms with Gasteiger partial charge < -0.3 is 20.7 Å². The summed E-state index contributed by atoms with van der Waals surface area (Å²) in [5.41, 5.74) is 3.40. The quantitative estimate of drug-likeness (QED) is 0.577. The standard InChI is InChI=1S/C25H29FN4O2/c1-3-32-19-10-22(28-14-19)25(31)30-21-11-20(18-6-4-5-17(9-18)12-27)24(15(2)23(21)26)29-13-16-7-8-16/h4-6,9,11,16,19,22,28-29H,3,7-8,10,13-14H2,1-2H3,(H,30,31)/t19-,22-/m1/s1. The smallest absolute Gasteiger partial charge is 0.241 e. The Morgan fingerprint density at radius 3 is 2.88 bits per heavy atom. The van der Waals surface area contributed by atoms with E-state index in [-0.39, 0.29) is 17.7 Å². The van der Waals surface area contributed by atoms with Gasteiger partial charge in [0.2, 0.25) is 5.91 Å². The third-order valence-corrected chi connectivity index (χ3v) is 6.13. The summed E-state index contributed by atoms with van der Waals surface area (Å²) < 4.78 is 20.9. The molecule has 1 heterocycles. The number of ether oxygens (including phenoxy) is 1. The summed E-state index contributed by atoms with van der Waals surface area (Å²) in [6, 6.07) is 10.6. The van der Waals surface area contributed by atoms with Crippen LogP contribution in [0.25, 0.3) is 11.1 Å². The molecule has 2 aliphatic rings. The molecule has 32 heavy (non-hydrogen) atoms. The molecule has 1 aliphatic heterocycles. The fraction of sp³-hybridized carbons (Fsp3) is 0.440. The van der Waals surface area contributed by atoms with Crippen LogP contribution in [0.3, 0.4) is 0 Å². The molecular formula is C25H29FN4O2. The van der Waals surface area contributed by atoms with Crippen molar-refractivity contribution < 1.29 is 13.9 Å². The monoisotopic (exact) mass is 436 g/mol. The highest BCUT2D eigenvalue weighted by molar-refractivity contribution is 5.97. The Hall–Kier alpha value is -2.95. The molecule has 7 heteroatoms. The minimum absolute atomic E-state index is 0.0133. The van der Waals surface area contributed by atoms with Crippen molar-refractivity contribution >= 4 is 17.3 Å². The number of halogens is 1. The van der Waals surface area contributed by atoms with Crippen LogP contribution in [-0.2, 0) is 9.53 Å². The highest BCUT2D eigenvalue weighted by Gasteiger charge is 2.31. The number of hydrogen-bond donors (Lipinski definition) is 3. The van der Waals surface area contributed by atoms with E-state index in [0.29, 0.717) is 42.3 Å². The number of benzene rings is 2. The fourth-order valence-electron chi connectivity index (χ4n) is 4.15. The highest BCUT2D eigenvalue weighted by atomic mass is 19.1. The average Bonchev–Trinajstić information content (AvgIpc) is 3.52. The average molecular weight is 437 g/mol. The third-order valence-electron chi connectivity index (χ3n) is 6.13. The number of rotatable bonds is 8. The fourth-order valence-corrected chi connectivity index (χ4v) is 4.15. The summed E-state index contributed by atoms with van der Waals surface area (Å²) in [7, 11) is 0. The number of carbonyl (C=O) groups excluding carboxylic acids is 1. The van der Waals surface area contributed by atoms with Gasteiger partial charge in [-0.2, -0.15) is 5.26 Å². The molecule has 168 valence electrons. The molecule has 4 rings (SSSR count).